The van der Waals surface area contributed by atoms with Crippen LogP contribution in [0.1, 0.15) is 29.4 Å². The molecule has 0 aromatic carbocycles. The summed E-state index contributed by atoms with van der Waals surface area (Å²) in [6.45, 7) is 4.43. The Labute approximate surface area is 105 Å². The van der Waals surface area contributed by atoms with E-state index in [1.807, 2.05) is 13.0 Å². The minimum absolute atomic E-state index is 0.116. The first-order chi connectivity index (χ1) is 8.20. The molecule has 1 atom stereocenters. The largest absolute Gasteiger partial charge is 0.397 e. The number of hydrogen-bond donors (Lipinski definition) is 2. The number of thiophene rings is 1. The van der Waals surface area contributed by atoms with Crippen LogP contribution in [0.25, 0.3) is 0 Å². The Bertz CT molecular complexity index is 397. The summed E-state index contributed by atoms with van der Waals surface area (Å²) in [6, 6.07) is 1.85. The van der Waals surface area contributed by atoms with Gasteiger partial charge in [0.25, 0.3) is 0 Å². The van der Waals surface area contributed by atoms with E-state index in [1.165, 1.54) is 11.3 Å². The van der Waals surface area contributed by atoms with Crippen LogP contribution in [-0.4, -0.2) is 25.5 Å². The first-order valence-corrected chi connectivity index (χ1v) is 6.76. The van der Waals surface area contributed by atoms with E-state index in [1.54, 1.807) is 0 Å². The van der Waals surface area contributed by atoms with Gasteiger partial charge in [-0.3, -0.25) is 4.79 Å². The van der Waals surface area contributed by atoms with E-state index in [0.29, 0.717) is 22.9 Å². The molecule has 2 rings (SSSR count). The zero-order valence-electron chi connectivity index (χ0n) is 9.99. The lowest BCUT2D eigenvalue weighted by atomic mass is 10.1. The van der Waals surface area contributed by atoms with E-state index in [2.05, 4.69) is 5.32 Å². The van der Waals surface area contributed by atoms with Crippen molar-refractivity contribution < 1.29 is 9.53 Å². The number of carbonyl (C=O) groups is 1. The lowest BCUT2D eigenvalue weighted by Gasteiger charge is -2.08. The second-order valence-corrected chi connectivity index (χ2v) is 5.33. The molecule has 1 fully saturated rings. The average Bonchev–Trinajstić information content (AvgIpc) is 2.94. The van der Waals surface area contributed by atoms with Gasteiger partial charge in [-0.25, -0.2) is 0 Å². The Hall–Kier alpha value is -1.07. The van der Waals surface area contributed by atoms with Gasteiger partial charge in [-0.2, -0.15) is 0 Å². The van der Waals surface area contributed by atoms with Crippen LogP contribution < -0.4 is 11.1 Å². The molecule has 1 aliphatic rings. The maximum Gasteiger partial charge on any atom is 0.174 e. The van der Waals surface area contributed by atoms with Crippen LogP contribution in [0, 0.1) is 5.92 Å². The van der Waals surface area contributed by atoms with Crippen LogP contribution in [0.2, 0.25) is 0 Å². The van der Waals surface area contributed by atoms with Gasteiger partial charge in [0.2, 0.25) is 0 Å². The van der Waals surface area contributed by atoms with Crippen LogP contribution in [0.5, 0.6) is 0 Å². The van der Waals surface area contributed by atoms with E-state index in [-0.39, 0.29) is 5.78 Å². The van der Waals surface area contributed by atoms with E-state index >= 15 is 0 Å². The van der Waals surface area contributed by atoms with Gasteiger partial charge in [-0.1, -0.05) is 6.92 Å². The highest BCUT2D eigenvalue weighted by atomic mass is 32.1. The molecule has 0 saturated carbocycles. The number of anilines is 2. The fraction of sp³-hybridized carbons (Fsp3) is 0.583. The van der Waals surface area contributed by atoms with Gasteiger partial charge in [0, 0.05) is 25.5 Å². The average molecular weight is 254 g/mol. The van der Waals surface area contributed by atoms with Crippen molar-refractivity contribution in [2.75, 3.05) is 30.8 Å². The van der Waals surface area contributed by atoms with E-state index in [4.69, 9.17) is 10.5 Å². The third-order valence-electron chi connectivity index (χ3n) is 2.92. The molecule has 1 aromatic rings. The minimum atomic E-state index is 0.116. The molecule has 1 unspecified atom stereocenters. The number of nitrogens with one attached hydrogen (secondary N) is 1. The van der Waals surface area contributed by atoms with Gasteiger partial charge in [-0.05, 0) is 12.5 Å². The van der Waals surface area contributed by atoms with Gasteiger partial charge in [0.1, 0.15) is 0 Å². The molecule has 17 heavy (non-hydrogen) atoms. The van der Waals surface area contributed by atoms with Crippen molar-refractivity contribution in [2.45, 2.75) is 19.8 Å². The summed E-state index contributed by atoms with van der Waals surface area (Å²) in [7, 11) is 0. The zero-order valence-corrected chi connectivity index (χ0v) is 10.8. The monoisotopic (exact) mass is 254 g/mol. The van der Waals surface area contributed by atoms with Gasteiger partial charge >= 0.3 is 0 Å². The number of ether oxygens (including phenoxy) is 1. The van der Waals surface area contributed by atoms with Crippen molar-refractivity contribution in [1.29, 1.82) is 0 Å². The van der Waals surface area contributed by atoms with Crippen LogP contribution in [0.3, 0.4) is 0 Å². The lowest BCUT2D eigenvalue weighted by molar-refractivity contribution is 0.0993. The molecule has 1 aliphatic heterocycles. The molecule has 1 aromatic heterocycles. The zero-order chi connectivity index (χ0) is 12.3. The Kier molecular flexibility index (Phi) is 4.02. The first-order valence-electron chi connectivity index (χ1n) is 5.94. The summed E-state index contributed by atoms with van der Waals surface area (Å²) >= 11 is 1.45. The van der Waals surface area contributed by atoms with Crippen LogP contribution in [0.4, 0.5) is 10.7 Å². The van der Waals surface area contributed by atoms with Gasteiger partial charge in [-0.15, -0.1) is 11.3 Å². The number of carbonyl (C=O) groups excluding carboxylic acids is 1. The van der Waals surface area contributed by atoms with Gasteiger partial charge in [0.15, 0.2) is 5.78 Å². The second-order valence-electron chi connectivity index (χ2n) is 4.28. The van der Waals surface area contributed by atoms with Crippen molar-refractivity contribution >= 4 is 27.8 Å². The number of Topliss-reactive ketones (excluding diaryl/α,β-unsaturated/α-hetero) is 1. The van der Waals surface area contributed by atoms with Crippen LogP contribution >= 0.6 is 11.3 Å². The Morgan fingerprint density at radius 1 is 1.71 bits per heavy atom. The SMILES string of the molecule is CCC(=O)c1sc(NCC2CCOC2)cc1N. The maximum atomic E-state index is 11.6. The third-order valence-corrected chi connectivity index (χ3v) is 4.07. The topological polar surface area (TPSA) is 64.3 Å². The summed E-state index contributed by atoms with van der Waals surface area (Å²) in [5.74, 6) is 0.688. The smallest absolute Gasteiger partial charge is 0.174 e. The lowest BCUT2D eigenvalue weighted by Crippen LogP contribution is -2.13. The highest BCUT2D eigenvalue weighted by Gasteiger charge is 2.17. The van der Waals surface area contributed by atoms with Gasteiger partial charge in [0.05, 0.1) is 22.2 Å². The van der Waals surface area contributed by atoms with Crippen LogP contribution in [-0.2, 0) is 4.74 Å². The Morgan fingerprint density at radius 2 is 2.53 bits per heavy atom. The highest BCUT2D eigenvalue weighted by molar-refractivity contribution is 7.18. The number of ketones is 1. The molecule has 0 spiro atoms. The number of nitrogens with two attached hydrogens (primary N) is 1. The van der Waals surface area contributed by atoms with E-state index in [0.717, 1.165) is 31.2 Å². The normalized spacial score (nSPS) is 19.5. The number of nitrogen functional groups attached to an aromatic ring is 1. The molecular weight excluding hydrogens is 236 g/mol. The van der Waals surface area contributed by atoms with Crippen molar-refractivity contribution in [1.82, 2.24) is 0 Å². The quantitative estimate of drug-likeness (QED) is 0.792. The maximum absolute atomic E-state index is 11.6. The van der Waals surface area contributed by atoms with Crippen molar-refractivity contribution in [3.8, 4) is 0 Å². The first kappa shape index (κ1) is 12.4. The molecule has 0 amide bonds. The second kappa shape index (κ2) is 5.51. The van der Waals surface area contributed by atoms with E-state index < -0.39 is 0 Å². The predicted molar refractivity (Wildman–Crippen MR) is 70.8 cm³/mol. The molecule has 0 aliphatic carbocycles. The van der Waals surface area contributed by atoms with Crippen molar-refractivity contribution in [3.05, 3.63) is 10.9 Å². The Morgan fingerprint density at radius 3 is 3.18 bits per heavy atom. The number of hydrogen-bond acceptors (Lipinski definition) is 5. The van der Waals surface area contributed by atoms with E-state index in [9.17, 15) is 4.79 Å². The summed E-state index contributed by atoms with van der Waals surface area (Å²) in [5, 5.41) is 4.31. The minimum Gasteiger partial charge on any atom is -0.397 e. The molecule has 1 saturated heterocycles. The highest BCUT2D eigenvalue weighted by Crippen LogP contribution is 2.30. The van der Waals surface area contributed by atoms with Crippen molar-refractivity contribution in [3.63, 3.8) is 0 Å². The fourth-order valence-electron chi connectivity index (χ4n) is 1.86. The molecule has 5 heteroatoms. The summed E-state index contributed by atoms with van der Waals surface area (Å²) in [4.78, 5) is 12.3. The summed E-state index contributed by atoms with van der Waals surface area (Å²) in [6.07, 6.45) is 1.61. The molecule has 4 nitrogen and oxygen atoms in total. The van der Waals surface area contributed by atoms with Crippen molar-refractivity contribution in [2.24, 2.45) is 5.92 Å². The van der Waals surface area contributed by atoms with Gasteiger partial charge < -0.3 is 15.8 Å². The molecule has 0 bridgehead atoms. The Balaban J connectivity index is 1.94. The molecule has 0 radical (unpaired) electrons. The third kappa shape index (κ3) is 2.98. The van der Waals surface area contributed by atoms with Crippen LogP contribution in [0.15, 0.2) is 6.07 Å². The number of rotatable bonds is 5. The standard InChI is InChI=1S/C12H18N2O2S/c1-2-10(15)12-9(13)5-11(17-12)14-6-8-3-4-16-7-8/h5,8,14H,2-4,6-7,13H2,1H3. The molecule has 2 heterocycles. The summed E-state index contributed by atoms with van der Waals surface area (Å²) in [5.41, 5.74) is 6.42. The fourth-order valence-corrected chi connectivity index (χ4v) is 2.86. The molecule has 94 valence electrons. The predicted octanol–water partition coefficient (Wildman–Crippen LogP) is 2.37. The molecule has 3 N–H and O–H groups in total. The molecular formula is C12H18N2O2S. The summed E-state index contributed by atoms with van der Waals surface area (Å²) < 4.78 is 5.31.